The summed E-state index contributed by atoms with van der Waals surface area (Å²) in [5, 5.41) is 18.7. The molecule has 98 valence electrons. The number of aliphatic hydroxyl groups is 1. The first-order valence-corrected chi connectivity index (χ1v) is 6.76. The van der Waals surface area contributed by atoms with E-state index in [0.717, 1.165) is 45.1 Å². The lowest BCUT2D eigenvalue weighted by atomic mass is 9.85. The molecule has 2 N–H and O–H groups in total. The minimum absolute atomic E-state index is 0.140. The van der Waals surface area contributed by atoms with E-state index in [1.165, 1.54) is 0 Å². The number of nitrogens with zero attached hydrogens (tertiary/aromatic N) is 1. The van der Waals surface area contributed by atoms with Gasteiger partial charge >= 0.3 is 5.97 Å². The van der Waals surface area contributed by atoms with Crippen molar-refractivity contribution in [1.29, 1.82) is 0 Å². The summed E-state index contributed by atoms with van der Waals surface area (Å²) in [4.78, 5) is 13.3. The number of hydrogen-bond donors (Lipinski definition) is 2. The Morgan fingerprint density at radius 1 is 1.24 bits per heavy atom. The van der Waals surface area contributed by atoms with Crippen molar-refractivity contribution < 1.29 is 15.0 Å². The van der Waals surface area contributed by atoms with Gasteiger partial charge in [0.15, 0.2) is 0 Å². The lowest BCUT2D eigenvalue weighted by Gasteiger charge is -2.38. The van der Waals surface area contributed by atoms with Gasteiger partial charge in [0.2, 0.25) is 0 Å². The average Bonchev–Trinajstić information content (AvgIpc) is 2.78. The van der Waals surface area contributed by atoms with Crippen LogP contribution in [0.15, 0.2) is 0 Å². The van der Waals surface area contributed by atoms with Gasteiger partial charge in [-0.05, 0) is 52.0 Å². The topological polar surface area (TPSA) is 60.8 Å². The number of likely N-dealkylation sites (tertiary alicyclic amines) is 1. The zero-order valence-corrected chi connectivity index (χ0v) is 10.5. The Kier molecular flexibility index (Phi) is 4.05. The molecule has 0 spiro atoms. The van der Waals surface area contributed by atoms with Gasteiger partial charge in [-0.25, -0.2) is 0 Å². The van der Waals surface area contributed by atoms with Crippen LogP contribution in [0.4, 0.5) is 0 Å². The number of carbonyl (C=O) groups is 1. The van der Waals surface area contributed by atoms with E-state index in [-0.39, 0.29) is 12.0 Å². The summed E-state index contributed by atoms with van der Waals surface area (Å²) in [6, 6.07) is 0.786. The highest BCUT2D eigenvalue weighted by molar-refractivity contribution is 5.70. The first kappa shape index (κ1) is 12.8. The summed E-state index contributed by atoms with van der Waals surface area (Å²) < 4.78 is 0. The van der Waals surface area contributed by atoms with Crippen molar-refractivity contribution in [1.82, 2.24) is 4.90 Å². The van der Waals surface area contributed by atoms with Crippen molar-refractivity contribution >= 4 is 5.97 Å². The maximum absolute atomic E-state index is 10.9. The minimum atomic E-state index is -0.642. The molecule has 4 heteroatoms. The molecule has 0 aromatic rings. The smallest absolute Gasteiger partial charge is 0.306 e. The molecule has 2 atom stereocenters. The second-order valence-electron chi connectivity index (χ2n) is 5.53. The Morgan fingerprint density at radius 2 is 1.88 bits per heavy atom. The molecule has 1 heterocycles. The molecule has 4 nitrogen and oxygen atoms in total. The molecule has 2 rings (SSSR count). The molecule has 1 saturated carbocycles. The first-order chi connectivity index (χ1) is 8.09. The second kappa shape index (κ2) is 5.36. The molecule has 1 aliphatic heterocycles. The number of aliphatic carboxylic acids is 1. The molecule has 2 fully saturated rings. The van der Waals surface area contributed by atoms with Crippen molar-refractivity contribution in [2.24, 2.45) is 5.92 Å². The quantitative estimate of drug-likeness (QED) is 0.785. The first-order valence-electron chi connectivity index (χ1n) is 6.76. The highest BCUT2D eigenvalue weighted by Crippen LogP contribution is 2.32. The fourth-order valence-electron chi connectivity index (χ4n) is 3.44. The molecule has 0 aromatic heterocycles. The van der Waals surface area contributed by atoms with Crippen molar-refractivity contribution in [3.63, 3.8) is 0 Å². The van der Waals surface area contributed by atoms with Crippen LogP contribution >= 0.6 is 0 Å². The standard InChI is InChI=1S/C13H23NO3/c1-9(15)12-3-2-8-14(12)11-6-4-10(5-7-11)13(16)17/h9-12,15H,2-8H2,1H3,(H,16,17)/t9-,10?,11?,12+/m1/s1. The highest BCUT2D eigenvalue weighted by Gasteiger charge is 2.36. The van der Waals surface area contributed by atoms with Gasteiger partial charge in [0.25, 0.3) is 0 Å². The molecule has 2 aliphatic rings. The zero-order valence-electron chi connectivity index (χ0n) is 10.5. The molecule has 0 amide bonds. The number of aliphatic hydroxyl groups excluding tert-OH is 1. The summed E-state index contributed by atoms with van der Waals surface area (Å²) in [5.41, 5.74) is 0. The third kappa shape index (κ3) is 2.80. The molecule has 0 unspecified atom stereocenters. The van der Waals surface area contributed by atoms with E-state index in [0.29, 0.717) is 12.1 Å². The minimum Gasteiger partial charge on any atom is -0.481 e. The summed E-state index contributed by atoms with van der Waals surface area (Å²) in [7, 11) is 0. The van der Waals surface area contributed by atoms with Gasteiger partial charge in [0.05, 0.1) is 12.0 Å². The Labute approximate surface area is 103 Å². The van der Waals surface area contributed by atoms with Crippen molar-refractivity contribution in [2.75, 3.05) is 6.54 Å². The maximum Gasteiger partial charge on any atom is 0.306 e. The molecule has 1 saturated heterocycles. The predicted octanol–water partition coefficient (Wildman–Crippen LogP) is 1.47. The lowest BCUT2D eigenvalue weighted by Crippen LogP contribution is -2.46. The number of carboxylic acids is 1. The Hall–Kier alpha value is -0.610. The van der Waals surface area contributed by atoms with Gasteiger partial charge in [0.1, 0.15) is 0 Å². The molecule has 17 heavy (non-hydrogen) atoms. The van der Waals surface area contributed by atoms with Crippen LogP contribution in [0.2, 0.25) is 0 Å². The van der Waals surface area contributed by atoms with Crippen LogP contribution in [-0.4, -0.2) is 45.8 Å². The summed E-state index contributed by atoms with van der Waals surface area (Å²) in [6.45, 7) is 2.93. The van der Waals surface area contributed by atoms with E-state index in [2.05, 4.69) is 4.90 Å². The molecule has 0 bridgehead atoms. The highest BCUT2D eigenvalue weighted by atomic mass is 16.4. The molecular weight excluding hydrogens is 218 g/mol. The maximum atomic E-state index is 10.9. The zero-order chi connectivity index (χ0) is 12.4. The van der Waals surface area contributed by atoms with Crippen LogP contribution in [0.5, 0.6) is 0 Å². The monoisotopic (exact) mass is 241 g/mol. The van der Waals surface area contributed by atoms with E-state index >= 15 is 0 Å². The summed E-state index contributed by atoms with van der Waals surface area (Å²) in [6.07, 6.45) is 5.51. The Balaban J connectivity index is 1.90. The fraction of sp³-hybridized carbons (Fsp3) is 0.923. The molecule has 0 radical (unpaired) electrons. The average molecular weight is 241 g/mol. The molecular formula is C13H23NO3. The van der Waals surface area contributed by atoms with E-state index < -0.39 is 5.97 Å². The normalized spacial score (nSPS) is 36.9. The van der Waals surface area contributed by atoms with Crippen molar-refractivity contribution in [3.05, 3.63) is 0 Å². The van der Waals surface area contributed by atoms with E-state index in [1.54, 1.807) is 0 Å². The van der Waals surface area contributed by atoms with Crippen LogP contribution in [0.25, 0.3) is 0 Å². The summed E-state index contributed by atoms with van der Waals surface area (Å²) >= 11 is 0. The van der Waals surface area contributed by atoms with Crippen LogP contribution < -0.4 is 0 Å². The van der Waals surface area contributed by atoms with Crippen LogP contribution in [-0.2, 0) is 4.79 Å². The van der Waals surface area contributed by atoms with Crippen LogP contribution in [0.3, 0.4) is 0 Å². The van der Waals surface area contributed by atoms with Crippen molar-refractivity contribution in [2.45, 2.75) is 63.6 Å². The van der Waals surface area contributed by atoms with Crippen LogP contribution in [0, 0.1) is 5.92 Å². The van der Waals surface area contributed by atoms with E-state index in [1.807, 2.05) is 6.92 Å². The number of hydrogen-bond acceptors (Lipinski definition) is 3. The predicted molar refractivity (Wildman–Crippen MR) is 64.8 cm³/mol. The lowest BCUT2D eigenvalue weighted by molar-refractivity contribution is -0.143. The SMILES string of the molecule is C[C@@H](O)[C@@H]1CCCN1C1CCC(C(=O)O)CC1. The van der Waals surface area contributed by atoms with Crippen LogP contribution in [0.1, 0.15) is 45.4 Å². The third-order valence-electron chi connectivity index (χ3n) is 4.41. The number of rotatable bonds is 3. The van der Waals surface area contributed by atoms with E-state index in [9.17, 15) is 9.90 Å². The largest absolute Gasteiger partial charge is 0.481 e. The Morgan fingerprint density at radius 3 is 2.41 bits per heavy atom. The van der Waals surface area contributed by atoms with E-state index in [4.69, 9.17) is 5.11 Å². The number of carboxylic acid groups (broad SMARTS) is 1. The fourth-order valence-corrected chi connectivity index (χ4v) is 3.44. The molecule has 0 aromatic carbocycles. The van der Waals surface area contributed by atoms with Gasteiger partial charge in [-0.3, -0.25) is 9.69 Å². The van der Waals surface area contributed by atoms with Crippen molar-refractivity contribution in [3.8, 4) is 0 Å². The third-order valence-corrected chi connectivity index (χ3v) is 4.41. The van der Waals surface area contributed by atoms with Gasteiger partial charge in [-0.2, -0.15) is 0 Å². The second-order valence-corrected chi connectivity index (χ2v) is 5.53. The molecule has 1 aliphatic carbocycles. The Bertz CT molecular complexity index is 272. The summed E-state index contributed by atoms with van der Waals surface area (Å²) in [5.74, 6) is -0.782. The van der Waals surface area contributed by atoms with Gasteiger partial charge < -0.3 is 10.2 Å². The van der Waals surface area contributed by atoms with Gasteiger partial charge in [-0.15, -0.1) is 0 Å². The van der Waals surface area contributed by atoms with Gasteiger partial charge in [-0.1, -0.05) is 0 Å². The van der Waals surface area contributed by atoms with Gasteiger partial charge in [0, 0.05) is 12.1 Å².